The van der Waals surface area contributed by atoms with Gasteiger partial charge in [0.05, 0.1) is 18.0 Å². The number of para-hydroxylation sites is 1. The molecule has 5 heteroatoms. The molecule has 0 unspecified atom stereocenters. The van der Waals surface area contributed by atoms with Crippen molar-refractivity contribution in [2.75, 3.05) is 17.2 Å². The third kappa shape index (κ3) is 4.99. The molecule has 2 rings (SSSR count). The van der Waals surface area contributed by atoms with E-state index in [1.54, 1.807) is 0 Å². The Labute approximate surface area is 145 Å². The molecule has 4 nitrogen and oxygen atoms in total. The van der Waals surface area contributed by atoms with Gasteiger partial charge in [-0.3, -0.25) is 4.79 Å². The number of rotatable bonds is 7. The van der Waals surface area contributed by atoms with Gasteiger partial charge in [-0.15, -0.1) is 0 Å². The van der Waals surface area contributed by atoms with Crippen LogP contribution in [0.3, 0.4) is 0 Å². The van der Waals surface area contributed by atoms with Crippen LogP contribution in [0.4, 0.5) is 11.4 Å². The standard InChI is InChI=1S/C18H21BrN2O2/c1-3-18(22)21-16-11-14(19)9-10-15(16)20-12-13-7-5-6-8-17(13)23-4-2/h5-11,20H,3-4,12H2,1-2H3,(H,21,22). The number of carbonyl (C=O) groups is 1. The van der Waals surface area contributed by atoms with E-state index in [4.69, 9.17) is 4.74 Å². The minimum absolute atomic E-state index is 0.0131. The van der Waals surface area contributed by atoms with Crippen LogP contribution in [0.2, 0.25) is 0 Å². The summed E-state index contributed by atoms with van der Waals surface area (Å²) in [6.07, 6.45) is 0.444. The van der Waals surface area contributed by atoms with Gasteiger partial charge in [0, 0.05) is 23.0 Å². The van der Waals surface area contributed by atoms with Crippen molar-refractivity contribution in [1.82, 2.24) is 0 Å². The molecule has 2 aromatic carbocycles. The fraction of sp³-hybridized carbons (Fsp3) is 0.278. The highest BCUT2D eigenvalue weighted by Crippen LogP contribution is 2.28. The van der Waals surface area contributed by atoms with Crippen molar-refractivity contribution >= 4 is 33.2 Å². The molecule has 122 valence electrons. The molecule has 0 spiro atoms. The number of ether oxygens (including phenoxy) is 1. The lowest BCUT2D eigenvalue weighted by atomic mass is 10.2. The second kappa shape index (κ2) is 8.58. The molecule has 2 N–H and O–H groups in total. The van der Waals surface area contributed by atoms with Crippen LogP contribution in [0.5, 0.6) is 5.75 Å². The van der Waals surface area contributed by atoms with Gasteiger partial charge in [-0.25, -0.2) is 0 Å². The average Bonchev–Trinajstić information content (AvgIpc) is 2.55. The third-order valence-corrected chi connectivity index (χ3v) is 3.81. The van der Waals surface area contributed by atoms with Gasteiger partial charge in [-0.05, 0) is 31.2 Å². The molecule has 0 aliphatic rings. The van der Waals surface area contributed by atoms with E-state index in [-0.39, 0.29) is 5.91 Å². The number of halogens is 1. The summed E-state index contributed by atoms with van der Waals surface area (Å²) in [5.74, 6) is 0.861. The zero-order chi connectivity index (χ0) is 16.7. The number of hydrogen-bond donors (Lipinski definition) is 2. The fourth-order valence-corrected chi connectivity index (χ4v) is 2.51. The zero-order valence-corrected chi connectivity index (χ0v) is 14.9. The normalized spacial score (nSPS) is 10.2. The Morgan fingerprint density at radius 1 is 1.13 bits per heavy atom. The summed E-state index contributed by atoms with van der Waals surface area (Å²) in [4.78, 5) is 11.7. The van der Waals surface area contributed by atoms with E-state index in [9.17, 15) is 4.79 Å². The second-order valence-electron chi connectivity index (χ2n) is 4.99. The number of amides is 1. The molecule has 0 radical (unpaired) electrons. The Hall–Kier alpha value is -2.01. The van der Waals surface area contributed by atoms with Gasteiger partial charge in [-0.1, -0.05) is 41.1 Å². The molecule has 23 heavy (non-hydrogen) atoms. The van der Waals surface area contributed by atoms with Crippen LogP contribution in [-0.4, -0.2) is 12.5 Å². The molecule has 0 bridgehead atoms. The highest BCUT2D eigenvalue weighted by atomic mass is 79.9. The first-order valence-electron chi connectivity index (χ1n) is 7.68. The molecule has 0 heterocycles. The molecule has 0 saturated carbocycles. The van der Waals surface area contributed by atoms with Crippen LogP contribution in [0.1, 0.15) is 25.8 Å². The lowest BCUT2D eigenvalue weighted by Crippen LogP contribution is -2.12. The average molecular weight is 377 g/mol. The molecule has 1 amide bonds. The Balaban J connectivity index is 2.15. The lowest BCUT2D eigenvalue weighted by Gasteiger charge is -2.15. The summed E-state index contributed by atoms with van der Waals surface area (Å²) in [6.45, 7) is 5.05. The van der Waals surface area contributed by atoms with Crippen molar-refractivity contribution in [2.24, 2.45) is 0 Å². The van der Waals surface area contributed by atoms with Crippen LogP contribution < -0.4 is 15.4 Å². The van der Waals surface area contributed by atoms with Crippen LogP contribution in [0, 0.1) is 0 Å². The molecule has 0 aliphatic heterocycles. The Bertz CT molecular complexity index is 674. The van der Waals surface area contributed by atoms with Crippen LogP contribution in [0.15, 0.2) is 46.9 Å². The van der Waals surface area contributed by atoms with E-state index in [0.717, 1.165) is 27.2 Å². The van der Waals surface area contributed by atoms with E-state index < -0.39 is 0 Å². The van der Waals surface area contributed by atoms with Gasteiger partial charge in [0.1, 0.15) is 5.75 Å². The number of carbonyl (C=O) groups excluding carboxylic acids is 1. The maximum atomic E-state index is 11.7. The van der Waals surface area contributed by atoms with Gasteiger partial charge in [0.25, 0.3) is 0 Å². The zero-order valence-electron chi connectivity index (χ0n) is 13.4. The van der Waals surface area contributed by atoms with Gasteiger partial charge < -0.3 is 15.4 Å². The van der Waals surface area contributed by atoms with Crippen molar-refractivity contribution in [3.05, 3.63) is 52.5 Å². The third-order valence-electron chi connectivity index (χ3n) is 3.32. The summed E-state index contributed by atoms with van der Waals surface area (Å²) < 4.78 is 6.56. The van der Waals surface area contributed by atoms with E-state index >= 15 is 0 Å². The Morgan fingerprint density at radius 2 is 1.91 bits per heavy atom. The first-order chi connectivity index (χ1) is 11.1. The minimum Gasteiger partial charge on any atom is -0.494 e. The molecule has 0 atom stereocenters. The van der Waals surface area contributed by atoms with Gasteiger partial charge >= 0.3 is 0 Å². The fourth-order valence-electron chi connectivity index (χ4n) is 2.15. The molecule has 0 fully saturated rings. The SMILES string of the molecule is CCOc1ccccc1CNc1ccc(Br)cc1NC(=O)CC. The maximum Gasteiger partial charge on any atom is 0.224 e. The van der Waals surface area contributed by atoms with Crippen molar-refractivity contribution < 1.29 is 9.53 Å². The van der Waals surface area contributed by atoms with Gasteiger partial charge in [-0.2, -0.15) is 0 Å². The smallest absolute Gasteiger partial charge is 0.224 e. The summed E-state index contributed by atoms with van der Waals surface area (Å²) in [7, 11) is 0. The van der Waals surface area contributed by atoms with Crippen LogP contribution >= 0.6 is 15.9 Å². The van der Waals surface area contributed by atoms with E-state index in [1.165, 1.54) is 0 Å². The monoisotopic (exact) mass is 376 g/mol. The van der Waals surface area contributed by atoms with Gasteiger partial charge in [0.15, 0.2) is 0 Å². The first-order valence-corrected chi connectivity index (χ1v) is 8.47. The molecule has 0 aromatic heterocycles. The summed E-state index contributed by atoms with van der Waals surface area (Å²) in [5, 5.41) is 6.28. The minimum atomic E-state index is -0.0131. The van der Waals surface area contributed by atoms with Crippen molar-refractivity contribution in [2.45, 2.75) is 26.8 Å². The predicted octanol–water partition coefficient (Wildman–Crippen LogP) is 4.81. The number of hydrogen-bond acceptors (Lipinski definition) is 3. The predicted molar refractivity (Wildman–Crippen MR) is 98.0 cm³/mol. The number of benzene rings is 2. The second-order valence-corrected chi connectivity index (χ2v) is 5.90. The number of nitrogens with one attached hydrogen (secondary N) is 2. The van der Waals surface area contributed by atoms with E-state index in [2.05, 4.69) is 26.6 Å². The molecule has 2 aromatic rings. The largest absolute Gasteiger partial charge is 0.494 e. The maximum absolute atomic E-state index is 11.7. The summed E-state index contributed by atoms with van der Waals surface area (Å²) >= 11 is 3.44. The number of anilines is 2. The highest BCUT2D eigenvalue weighted by molar-refractivity contribution is 9.10. The topological polar surface area (TPSA) is 50.4 Å². The van der Waals surface area contributed by atoms with Crippen molar-refractivity contribution in [3.8, 4) is 5.75 Å². The highest BCUT2D eigenvalue weighted by Gasteiger charge is 2.08. The Kier molecular flexibility index (Phi) is 6.47. The van der Waals surface area contributed by atoms with Crippen molar-refractivity contribution in [3.63, 3.8) is 0 Å². The first kappa shape index (κ1) is 17.3. The lowest BCUT2D eigenvalue weighted by molar-refractivity contribution is -0.115. The van der Waals surface area contributed by atoms with E-state index in [0.29, 0.717) is 19.6 Å². The molecule has 0 saturated heterocycles. The van der Waals surface area contributed by atoms with Crippen LogP contribution in [-0.2, 0) is 11.3 Å². The summed E-state index contributed by atoms with van der Waals surface area (Å²) in [5.41, 5.74) is 2.71. The quantitative estimate of drug-likeness (QED) is 0.728. The van der Waals surface area contributed by atoms with Crippen LogP contribution in [0.25, 0.3) is 0 Å². The summed E-state index contributed by atoms with van der Waals surface area (Å²) in [6, 6.07) is 13.7. The van der Waals surface area contributed by atoms with Gasteiger partial charge in [0.2, 0.25) is 5.91 Å². The van der Waals surface area contributed by atoms with Crippen molar-refractivity contribution in [1.29, 1.82) is 0 Å². The Morgan fingerprint density at radius 3 is 2.65 bits per heavy atom. The molecule has 0 aliphatic carbocycles. The molecular formula is C18H21BrN2O2. The van der Waals surface area contributed by atoms with E-state index in [1.807, 2.05) is 56.3 Å². The molecular weight excluding hydrogens is 356 g/mol.